The fourth-order valence-corrected chi connectivity index (χ4v) is 4.95. The number of ketones is 1. The van der Waals surface area contributed by atoms with E-state index in [1.807, 2.05) is 27.7 Å². The van der Waals surface area contributed by atoms with E-state index in [0.717, 1.165) is 0 Å². The molecule has 0 aliphatic heterocycles. The van der Waals surface area contributed by atoms with Crippen LogP contribution in [0.15, 0.2) is 36.5 Å². The molecule has 174 valence electrons. The highest BCUT2D eigenvalue weighted by Crippen LogP contribution is 2.37. The third kappa shape index (κ3) is 4.29. The molecule has 8 heteroatoms. The number of nitrogens with zero attached hydrogens (tertiary/aromatic N) is 1. The smallest absolute Gasteiger partial charge is 0.221 e. The van der Waals surface area contributed by atoms with Crippen LogP contribution in [0.5, 0.6) is 5.88 Å². The van der Waals surface area contributed by atoms with Crippen LogP contribution in [0.4, 0.5) is 8.78 Å². The van der Waals surface area contributed by atoms with E-state index in [4.69, 9.17) is 4.74 Å². The van der Waals surface area contributed by atoms with Crippen LogP contribution < -0.4 is 9.46 Å². The number of hydrogen-bond acceptors (Lipinski definition) is 4. The lowest BCUT2D eigenvalue weighted by Gasteiger charge is -2.22. The first-order chi connectivity index (χ1) is 15.6. The van der Waals surface area contributed by atoms with Gasteiger partial charge >= 0.3 is 0 Å². The molecule has 2 unspecified atom stereocenters. The van der Waals surface area contributed by atoms with E-state index in [0.29, 0.717) is 47.2 Å². The van der Waals surface area contributed by atoms with Crippen molar-refractivity contribution in [3.63, 3.8) is 0 Å². The summed E-state index contributed by atoms with van der Waals surface area (Å²) in [6.07, 6.45) is 2.31. The molecule has 0 amide bonds. The van der Waals surface area contributed by atoms with Gasteiger partial charge in [-0.25, -0.2) is 22.7 Å². The quantitative estimate of drug-likeness (QED) is 0.502. The van der Waals surface area contributed by atoms with Crippen LogP contribution in [0.25, 0.3) is 10.8 Å². The summed E-state index contributed by atoms with van der Waals surface area (Å²) in [7, 11) is -1.39. The third-order valence-corrected chi connectivity index (χ3v) is 7.35. The predicted molar refractivity (Wildman–Crippen MR) is 125 cm³/mol. The molecule has 1 aliphatic rings. The fraction of sp³-hybridized carbons (Fsp3) is 0.360. The van der Waals surface area contributed by atoms with Crippen LogP contribution in [-0.2, 0) is 17.4 Å². The summed E-state index contributed by atoms with van der Waals surface area (Å²) in [5, 5.41) is 1.11. The number of pyridine rings is 1. The van der Waals surface area contributed by atoms with Crippen molar-refractivity contribution in [2.24, 2.45) is 0 Å². The zero-order chi connectivity index (χ0) is 23.9. The first-order valence-electron chi connectivity index (χ1n) is 10.9. The van der Waals surface area contributed by atoms with Crippen molar-refractivity contribution in [1.29, 1.82) is 0 Å². The Morgan fingerprint density at radius 2 is 2.00 bits per heavy atom. The summed E-state index contributed by atoms with van der Waals surface area (Å²) in [6, 6.07) is 7.34. The molecule has 1 aliphatic carbocycles. The minimum Gasteiger partial charge on any atom is -0.478 e. The van der Waals surface area contributed by atoms with Crippen molar-refractivity contribution >= 4 is 27.5 Å². The fourth-order valence-electron chi connectivity index (χ4n) is 4.09. The Hall–Kier alpha value is -2.71. The van der Waals surface area contributed by atoms with E-state index in [1.54, 1.807) is 24.3 Å². The monoisotopic (exact) mass is 472 g/mol. The number of carbonyl (C=O) groups excluding carboxylic acids is 1. The van der Waals surface area contributed by atoms with Gasteiger partial charge in [0.15, 0.2) is 5.78 Å². The Labute approximate surface area is 194 Å². The molecule has 5 nitrogen and oxygen atoms in total. The standard InChI is InChI=1S/C25H26F2N2O3S/c1-5-32-24-17-8-6-7-16(14(17)11-12-28-24)23(30)21-19(26)13-18-15(22(21)27)9-10-20(18)29-33(31)25(2,3)4/h6-8,11-13,20,29H,5,9-10H2,1-4H3. The molecule has 0 bridgehead atoms. The normalized spacial score (nSPS) is 16.6. The van der Waals surface area contributed by atoms with Crippen molar-refractivity contribution in [3.8, 4) is 5.88 Å². The highest BCUT2D eigenvalue weighted by Gasteiger charge is 2.34. The molecule has 2 atom stereocenters. The van der Waals surface area contributed by atoms with Gasteiger partial charge < -0.3 is 4.74 Å². The highest BCUT2D eigenvalue weighted by molar-refractivity contribution is 7.84. The Morgan fingerprint density at radius 1 is 1.24 bits per heavy atom. The van der Waals surface area contributed by atoms with Gasteiger partial charge in [0.2, 0.25) is 5.88 Å². The first-order valence-corrected chi connectivity index (χ1v) is 12.0. The van der Waals surface area contributed by atoms with Crippen molar-refractivity contribution in [1.82, 2.24) is 9.71 Å². The molecule has 1 heterocycles. The van der Waals surface area contributed by atoms with E-state index < -0.39 is 44.8 Å². The Morgan fingerprint density at radius 3 is 2.70 bits per heavy atom. The van der Waals surface area contributed by atoms with Crippen LogP contribution >= 0.6 is 0 Å². The molecule has 0 radical (unpaired) electrons. The Bertz CT molecular complexity index is 1270. The molecule has 0 spiro atoms. The number of halogens is 2. The number of hydrogen-bond donors (Lipinski definition) is 1. The van der Waals surface area contributed by atoms with Crippen LogP contribution in [0.2, 0.25) is 0 Å². The van der Waals surface area contributed by atoms with Gasteiger partial charge in [-0.3, -0.25) is 4.79 Å². The van der Waals surface area contributed by atoms with Gasteiger partial charge in [0.1, 0.15) is 11.6 Å². The van der Waals surface area contributed by atoms with Gasteiger partial charge in [0, 0.05) is 23.2 Å². The molecule has 0 fully saturated rings. The number of carbonyl (C=O) groups is 1. The van der Waals surface area contributed by atoms with Crippen LogP contribution in [0, 0.1) is 11.6 Å². The molecule has 0 saturated carbocycles. The van der Waals surface area contributed by atoms with Crippen molar-refractivity contribution in [3.05, 3.63) is 70.4 Å². The molecule has 2 aromatic carbocycles. The van der Waals surface area contributed by atoms with Crippen LogP contribution in [-0.4, -0.2) is 26.3 Å². The average molecular weight is 473 g/mol. The average Bonchev–Trinajstić information content (AvgIpc) is 3.15. The Balaban J connectivity index is 1.76. The zero-order valence-electron chi connectivity index (χ0n) is 19.0. The SMILES string of the molecule is CCOc1nccc2c(C(=O)c3c(F)cc4c(c3F)CCC4NS(=O)C(C)(C)C)cccc12. The molecule has 4 rings (SSSR count). The third-order valence-electron chi connectivity index (χ3n) is 5.74. The van der Waals surface area contributed by atoms with E-state index in [1.165, 1.54) is 12.3 Å². The predicted octanol–water partition coefficient (Wildman–Crippen LogP) is 5.18. The number of nitrogens with one attached hydrogen (secondary N) is 1. The van der Waals surface area contributed by atoms with Crippen molar-refractivity contribution in [2.75, 3.05) is 6.61 Å². The summed E-state index contributed by atoms with van der Waals surface area (Å²) in [4.78, 5) is 17.5. The largest absolute Gasteiger partial charge is 0.478 e. The summed E-state index contributed by atoms with van der Waals surface area (Å²) in [6.45, 7) is 7.69. The molecule has 3 aromatic rings. The lowest BCUT2D eigenvalue weighted by Crippen LogP contribution is -2.35. The summed E-state index contributed by atoms with van der Waals surface area (Å²) in [5.74, 6) is -2.15. The lowest BCUT2D eigenvalue weighted by atomic mass is 9.94. The van der Waals surface area contributed by atoms with Gasteiger partial charge in [0.25, 0.3) is 0 Å². The van der Waals surface area contributed by atoms with Crippen LogP contribution in [0.1, 0.15) is 67.2 Å². The van der Waals surface area contributed by atoms with Crippen LogP contribution in [0.3, 0.4) is 0 Å². The maximum absolute atomic E-state index is 15.5. The van der Waals surface area contributed by atoms with E-state index >= 15 is 8.78 Å². The van der Waals surface area contributed by atoms with Crippen molar-refractivity contribution in [2.45, 2.75) is 51.3 Å². The second-order valence-corrected chi connectivity index (χ2v) is 11.0. The van der Waals surface area contributed by atoms with E-state index in [2.05, 4.69) is 9.71 Å². The number of fused-ring (bicyclic) bond motifs is 2. The molecule has 1 aromatic heterocycles. The van der Waals surface area contributed by atoms with Crippen molar-refractivity contribution < 1.29 is 22.5 Å². The molecular weight excluding hydrogens is 446 g/mol. The number of rotatable bonds is 6. The first kappa shape index (κ1) is 23.4. The summed E-state index contributed by atoms with van der Waals surface area (Å²) < 4.78 is 51.2. The molecule has 0 saturated heterocycles. The van der Waals surface area contributed by atoms with E-state index in [9.17, 15) is 9.00 Å². The number of aromatic nitrogens is 1. The molecular formula is C25H26F2N2O3S. The molecule has 33 heavy (non-hydrogen) atoms. The van der Waals surface area contributed by atoms with Gasteiger partial charge in [-0.15, -0.1) is 0 Å². The summed E-state index contributed by atoms with van der Waals surface area (Å²) >= 11 is 0. The Kier molecular flexibility index (Phi) is 6.33. The minimum absolute atomic E-state index is 0.176. The topological polar surface area (TPSA) is 68.3 Å². The number of ether oxygens (including phenoxy) is 1. The second-order valence-electron chi connectivity index (χ2n) is 8.98. The van der Waals surface area contributed by atoms with Gasteiger partial charge in [0.05, 0.1) is 27.9 Å². The number of benzene rings is 2. The lowest BCUT2D eigenvalue weighted by molar-refractivity contribution is 0.103. The summed E-state index contributed by atoms with van der Waals surface area (Å²) in [5.41, 5.74) is 0.309. The minimum atomic E-state index is -1.39. The zero-order valence-corrected chi connectivity index (χ0v) is 19.8. The van der Waals surface area contributed by atoms with Gasteiger partial charge in [-0.1, -0.05) is 12.1 Å². The molecule has 1 N–H and O–H groups in total. The maximum atomic E-state index is 15.5. The highest BCUT2D eigenvalue weighted by atomic mass is 32.2. The van der Waals surface area contributed by atoms with Gasteiger partial charge in [-0.05, 0) is 75.2 Å². The second kappa shape index (κ2) is 8.91. The maximum Gasteiger partial charge on any atom is 0.221 e. The van der Waals surface area contributed by atoms with E-state index in [-0.39, 0.29) is 5.56 Å². The van der Waals surface area contributed by atoms with Gasteiger partial charge in [-0.2, -0.15) is 0 Å².